The van der Waals surface area contributed by atoms with Crippen LogP contribution in [0.25, 0.3) is 0 Å². The lowest BCUT2D eigenvalue weighted by atomic mass is 9.79. The normalized spacial score (nSPS) is 37.0. The van der Waals surface area contributed by atoms with Crippen molar-refractivity contribution in [3.63, 3.8) is 0 Å². The van der Waals surface area contributed by atoms with E-state index in [1.807, 2.05) is 24.3 Å². The number of hydrogen-bond acceptors (Lipinski definition) is 3. The van der Waals surface area contributed by atoms with Gasteiger partial charge < -0.3 is 10.1 Å². The molecule has 1 saturated heterocycles. The average molecular weight is 383 g/mol. The summed E-state index contributed by atoms with van der Waals surface area (Å²) in [7, 11) is 0. The fourth-order valence-corrected chi connectivity index (χ4v) is 4.48. The molecule has 5 heteroatoms. The van der Waals surface area contributed by atoms with Crippen LogP contribution < -0.4 is 5.32 Å². The maximum Gasteiger partial charge on any atom is 0.310 e. The van der Waals surface area contributed by atoms with Crippen LogP contribution in [-0.4, -0.2) is 18.0 Å². The van der Waals surface area contributed by atoms with Crippen LogP contribution in [0.15, 0.2) is 24.3 Å². The molecular weight excluding hydrogens is 369 g/mol. The maximum atomic E-state index is 12.5. The molecule has 104 valence electrons. The number of nitrogens with one attached hydrogen (secondary N) is 1. The highest BCUT2D eigenvalue weighted by atomic mass is 127. The molecule has 1 aromatic carbocycles. The van der Waals surface area contributed by atoms with E-state index in [9.17, 15) is 9.59 Å². The molecule has 0 unspecified atom stereocenters. The molecule has 1 aliphatic heterocycles. The van der Waals surface area contributed by atoms with Gasteiger partial charge in [0.15, 0.2) is 0 Å². The summed E-state index contributed by atoms with van der Waals surface area (Å²) in [6, 6.07) is 7.69. The molecule has 1 heterocycles. The number of hydrogen-bond donors (Lipinski definition) is 1. The Labute approximate surface area is 130 Å². The zero-order chi connectivity index (χ0) is 13.9. The number of benzene rings is 1. The van der Waals surface area contributed by atoms with Gasteiger partial charge in [0.1, 0.15) is 6.10 Å². The number of rotatable bonds is 2. The van der Waals surface area contributed by atoms with Crippen molar-refractivity contribution in [2.75, 3.05) is 5.32 Å². The van der Waals surface area contributed by atoms with E-state index in [1.165, 1.54) is 0 Å². The van der Waals surface area contributed by atoms with Gasteiger partial charge in [0.2, 0.25) is 5.91 Å². The lowest BCUT2D eigenvalue weighted by molar-refractivity contribution is -0.145. The molecule has 5 atom stereocenters. The Morgan fingerprint density at radius 2 is 2.00 bits per heavy atom. The van der Waals surface area contributed by atoms with E-state index in [1.54, 1.807) is 0 Å². The minimum Gasteiger partial charge on any atom is -0.462 e. The van der Waals surface area contributed by atoms with Crippen LogP contribution in [0.2, 0.25) is 0 Å². The van der Waals surface area contributed by atoms with Gasteiger partial charge in [0.25, 0.3) is 0 Å². The quantitative estimate of drug-likeness (QED) is 0.631. The van der Waals surface area contributed by atoms with Gasteiger partial charge in [-0.2, -0.15) is 0 Å². The summed E-state index contributed by atoms with van der Waals surface area (Å²) in [5.41, 5.74) is 0.793. The van der Waals surface area contributed by atoms with Gasteiger partial charge in [-0.05, 0) is 65.6 Å². The zero-order valence-corrected chi connectivity index (χ0v) is 12.9. The molecule has 4 rings (SSSR count). The predicted octanol–water partition coefficient (Wildman–Crippen LogP) is 2.43. The summed E-state index contributed by atoms with van der Waals surface area (Å²) in [6.45, 7) is 0. The molecular formula is C15H14INO3. The van der Waals surface area contributed by atoms with E-state index >= 15 is 0 Å². The van der Waals surface area contributed by atoms with Crippen molar-refractivity contribution in [3.05, 3.63) is 27.8 Å². The standard InChI is InChI=1S/C15H14INO3/c16-8-1-3-9(4-2-8)17-14(18)12-7-5-10-11(6-7)20-15(19)13(10)12/h1-4,7,10-13H,5-6H2,(H,17,18)/t7-,10+,11-,12-,13+/m1/s1. The zero-order valence-electron chi connectivity index (χ0n) is 10.7. The molecule has 2 bridgehead atoms. The molecule has 20 heavy (non-hydrogen) atoms. The molecule has 2 aliphatic carbocycles. The SMILES string of the molecule is O=C(Nc1ccc(I)cc1)[C@@H]1[C@@H]2C[C@@H]3[C@@H]1C(=O)O[C@@H]3C2. The second-order valence-electron chi connectivity index (χ2n) is 5.92. The fraction of sp³-hybridized carbons (Fsp3) is 0.467. The maximum absolute atomic E-state index is 12.5. The molecule has 3 fully saturated rings. The monoisotopic (exact) mass is 383 g/mol. The van der Waals surface area contributed by atoms with E-state index in [2.05, 4.69) is 27.9 Å². The molecule has 1 amide bonds. The van der Waals surface area contributed by atoms with Gasteiger partial charge in [-0.25, -0.2) is 0 Å². The highest BCUT2D eigenvalue weighted by Crippen LogP contribution is 2.57. The summed E-state index contributed by atoms with van der Waals surface area (Å²) in [6.07, 6.45) is 1.91. The number of esters is 1. The van der Waals surface area contributed by atoms with Crippen LogP contribution in [0, 0.1) is 27.2 Å². The Morgan fingerprint density at radius 3 is 2.75 bits per heavy atom. The van der Waals surface area contributed by atoms with Crippen LogP contribution in [0.3, 0.4) is 0 Å². The topological polar surface area (TPSA) is 55.4 Å². The van der Waals surface area contributed by atoms with Crippen molar-refractivity contribution in [1.82, 2.24) is 0 Å². The van der Waals surface area contributed by atoms with Gasteiger partial charge >= 0.3 is 5.97 Å². The Balaban J connectivity index is 1.54. The van der Waals surface area contributed by atoms with Crippen molar-refractivity contribution in [1.29, 1.82) is 0 Å². The fourth-order valence-electron chi connectivity index (χ4n) is 4.12. The number of carbonyl (C=O) groups is 2. The first-order chi connectivity index (χ1) is 9.63. The first-order valence-corrected chi connectivity index (χ1v) is 7.98. The molecule has 1 N–H and O–H groups in total. The van der Waals surface area contributed by atoms with Crippen molar-refractivity contribution in [3.8, 4) is 0 Å². The molecule has 3 aliphatic rings. The number of ether oxygens (including phenoxy) is 1. The smallest absolute Gasteiger partial charge is 0.310 e. The highest BCUT2D eigenvalue weighted by Gasteiger charge is 2.63. The number of halogens is 1. The third-order valence-corrected chi connectivity index (χ3v) is 5.62. The third-order valence-electron chi connectivity index (χ3n) is 4.90. The molecule has 2 saturated carbocycles. The minimum atomic E-state index is -0.206. The minimum absolute atomic E-state index is 0.0268. The van der Waals surface area contributed by atoms with Crippen LogP contribution >= 0.6 is 22.6 Å². The number of anilines is 1. The van der Waals surface area contributed by atoms with Crippen LogP contribution in [0.1, 0.15) is 12.8 Å². The summed E-state index contributed by atoms with van der Waals surface area (Å²) in [5.74, 6) is -0.0119. The number of fused-ring (bicyclic) bond motifs is 1. The van der Waals surface area contributed by atoms with Crippen LogP contribution in [0.4, 0.5) is 5.69 Å². The summed E-state index contributed by atoms with van der Waals surface area (Å²) in [5, 5.41) is 2.95. The van der Waals surface area contributed by atoms with E-state index in [0.29, 0.717) is 5.92 Å². The predicted molar refractivity (Wildman–Crippen MR) is 80.9 cm³/mol. The number of carbonyl (C=O) groups excluding carboxylic acids is 2. The largest absolute Gasteiger partial charge is 0.462 e. The molecule has 0 spiro atoms. The van der Waals surface area contributed by atoms with Gasteiger partial charge in [-0.15, -0.1) is 0 Å². The summed E-state index contributed by atoms with van der Waals surface area (Å²) < 4.78 is 6.49. The van der Waals surface area contributed by atoms with Gasteiger partial charge in [-0.3, -0.25) is 9.59 Å². The van der Waals surface area contributed by atoms with E-state index in [4.69, 9.17) is 4.74 Å². The van der Waals surface area contributed by atoms with Gasteiger partial charge in [0.05, 0.1) is 11.8 Å². The lowest BCUT2D eigenvalue weighted by Crippen LogP contribution is -2.35. The highest BCUT2D eigenvalue weighted by molar-refractivity contribution is 14.1. The van der Waals surface area contributed by atoms with E-state index in [-0.39, 0.29) is 35.7 Å². The molecule has 1 aromatic rings. The van der Waals surface area contributed by atoms with Crippen molar-refractivity contribution in [2.45, 2.75) is 18.9 Å². The molecule has 4 nitrogen and oxygen atoms in total. The van der Waals surface area contributed by atoms with Crippen LogP contribution in [0.5, 0.6) is 0 Å². The first-order valence-electron chi connectivity index (χ1n) is 6.90. The lowest BCUT2D eigenvalue weighted by Gasteiger charge is -2.23. The summed E-state index contributed by atoms with van der Waals surface area (Å²) >= 11 is 2.23. The van der Waals surface area contributed by atoms with E-state index in [0.717, 1.165) is 22.1 Å². The Kier molecular flexibility index (Phi) is 2.80. The summed E-state index contributed by atoms with van der Waals surface area (Å²) in [4.78, 5) is 24.4. The Morgan fingerprint density at radius 1 is 1.25 bits per heavy atom. The van der Waals surface area contributed by atoms with Crippen molar-refractivity contribution < 1.29 is 14.3 Å². The number of amides is 1. The molecule has 0 radical (unpaired) electrons. The third kappa shape index (κ3) is 1.78. The van der Waals surface area contributed by atoms with Gasteiger partial charge in [0, 0.05) is 15.2 Å². The van der Waals surface area contributed by atoms with Gasteiger partial charge in [-0.1, -0.05) is 0 Å². The molecule has 0 aromatic heterocycles. The second-order valence-corrected chi connectivity index (χ2v) is 7.16. The Hall–Kier alpha value is -1.11. The van der Waals surface area contributed by atoms with Crippen molar-refractivity contribution in [2.24, 2.45) is 23.7 Å². The Bertz CT molecular complexity index is 583. The average Bonchev–Trinajstić information content (AvgIpc) is 3.02. The van der Waals surface area contributed by atoms with E-state index < -0.39 is 0 Å². The van der Waals surface area contributed by atoms with Crippen LogP contribution in [-0.2, 0) is 14.3 Å². The first kappa shape index (κ1) is 12.6. The second kappa shape index (κ2) is 4.44. The van der Waals surface area contributed by atoms with Crippen molar-refractivity contribution >= 4 is 40.2 Å².